The number of rotatable bonds is 5. The van der Waals surface area contributed by atoms with Gasteiger partial charge in [-0.15, -0.1) is 24.3 Å². The van der Waals surface area contributed by atoms with Crippen LogP contribution in [-0.2, 0) is 52.4 Å². The van der Waals surface area contributed by atoms with E-state index >= 15 is 0 Å². The second kappa shape index (κ2) is 32.4. The van der Waals surface area contributed by atoms with Crippen LogP contribution in [0.3, 0.4) is 0 Å². The Hall–Kier alpha value is -3.29. The van der Waals surface area contributed by atoms with Gasteiger partial charge in [0.1, 0.15) is 34.9 Å². The van der Waals surface area contributed by atoms with E-state index in [0.29, 0.717) is 6.10 Å². The Balaban J connectivity index is 0.000000379. The van der Waals surface area contributed by atoms with Gasteiger partial charge in [-0.2, -0.15) is 16.4 Å². The van der Waals surface area contributed by atoms with E-state index in [1.165, 1.54) is 23.0 Å². The molecule has 0 saturated heterocycles. The Morgan fingerprint density at radius 3 is 0.622 bits per heavy atom. The molecule has 0 aromatic heterocycles. The van der Waals surface area contributed by atoms with Gasteiger partial charge in [0, 0.05) is 6.10 Å². The number of benzene rings is 5. The average Bonchev–Trinajstić information content (AvgIpc) is 4.26. The Morgan fingerprint density at radius 2 is 0.459 bits per heavy atom. The Morgan fingerprint density at radius 1 is 0.284 bits per heavy atom. The van der Waals surface area contributed by atoms with Crippen molar-refractivity contribution in [3.63, 3.8) is 0 Å². The fourth-order valence-corrected chi connectivity index (χ4v) is 6.23. The van der Waals surface area contributed by atoms with Crippen LogP contribution in [0.4, 0.5) is 65.9 Å². The Kier molecular flexibility index (Phi) is 29.3. The van der Waals surface area contributed by atoms with E-state index in [9.17, 15) is 71.0 Å². The van der Waals surface area contributed by atoms with Crippen molar-refractivity contribution in [2.75, 3.05) is 0 Å². The van der Waals surface area contributed by atoms with Gasteiger partial charge in [-0.25, -0.2) is 65.9 Å². The first kappa shape index (κ1) is 66.8. The molecule has 74 heavy (non-hydrogen) atoms. The van der Waals surface area contributed by atoms with Crippen molar-refractivity contribution in [2.24, 2.45) is 0 Å². The van der Waals surface area contributed by atoms with Crippen molar-refractivity contribution in [2.45, 2.75) is 27.7 Å². The molecule has 1 nitrogen and oxygen atoms in total. The molecule has 5 aromatic carbocycles. The summed E-state index contributed by atoms with van der Waals surface area (Å²) in [6.45, 7) is 4.28. The van der Waals surface area contributed by atoms with Crippen LogP contribution in [0, 0.1) is 235 Å². The molecule has 0 atom stereocenters. The number of aliphatic hydroxyl groups is 1. The molecule has 4 fully saturated rings. The van der Waals surface area contributed by atoms with Crippen LogP contribution in [0.2, 0.25) is 0 Å². The van der Waals surface area contributed by atoms with Crippen molar-refractivity contribution >= 4 is 23.1 Å². The monoisotopic (exact) mass is 1190 g/mol. The fourth-order valence-electron chi connectivity index (χ4n) is 6.23. The van der Waals surface area contributed by atoms with Crippen molar-refractivity contribution < 1.29 is 123 Å². The smallest absolute Gasteiger partial charge is 0.398 e. The molecule has 4 aliphatic rings. The van der Waals surface area contributed by atoms with E-state index in [1.54, 1.807) is 0 Å². The summed E-state index contributed by atoms with van der Waals surface area (Å²) in [6.07, 6.45) is 36.8. The number of halogens is 15. The fraction of sp³-hybridized carbons (Fsp3) is 0.0727. The van der Waals surface area contributed by atoms with Crippen LogP contribution in [-0.4, -0.2) is 11.8 Å². The van der Waals surface area contributed by atoms with Gasteiger partial charge in [0.25, 0.3) is 0 Å². The number of aryl methyl sites for hydroxylation is 2. The van der Waals surface area contributed by atoms with Gasteiger partial charge in [0.2, 0.25) is 0 Å². The predicted molar refractivity (Wildman–Crippen MR) is 244 cm³/mol. The number of hydrogen-bond acceptors (Lipinski definition) is 1. The minimum atomic E-state index is -3.96. The molecule has 4 saturated carbocycles. The van der Waals surface area contributed by atoms with Crippen LogP contribution in [0.5, 0.6) is 0 Å². The van der Waals surface area contributed by atoms with Gasteiger partial charge in [0.15, 0.2) is 52.4 Å². The van der Waals surface area contributed by atoms with E-state index in [1.807, 2.05) is 152 Å². The van der Waals surface area contributed by atoms with E-state index < -0.39 is 110 Å². The van der Waals surface area contributed by atoms with Crippen LogP contribution < -0.4 is 16.4 Å². The molecule has 0 spiro atoms. The molecule has 4 aliphatic carbocycles. The second-order valence-electron chi connectivity index (χ2n) is 15.3. The van der Waals surface area contributed by atoms with Crippen molar-refractivity contribution in [1.82, 2.24) is 0 Å². The summed E-state index contributed by atoms with van der Waals surface area (Å²) in [4.78, 5) is 0. The van der Waals surface area contributed by atoms with Crippen LogP contribution in [0.1, 0.15) is 36.1 Å². The van der Waals surface area contributed by atoms with Gasteiger partial charge < -0.3 is 5.11 Å². The normalized spacial score (nSPS) is 14.9. The third kappa shape index (κ3) is 17.9. The Bertz CT molecular complexity index is 2190. The summed E-state index contributed by atoms with van der Waals surface area (Å²) in [7, 11) is 0. The van der Waals surface area contributed by atoms with E-state index in [0.717, 1.165) is 11.1 Å². The zero-order valence-corrected chi connectivity index (χ0v) is 44.1. The third-order valence-electron chi connectivity index (χ3n) is 10.0. The molecule has 0 bridgehead atoms. The second-order valence-corrected chi connectivity index (χ2v) is 15.3. The predicted octanol–water partition coefficient (Wildman–Crippen LogP) is 12.8. The van der Waals surface area contributed by atoms with Gasteiger partial charge in [-0.05, 0) is 148 Å². The zero-order chi connectivity index (χ0) is 53.4. The largest absolute Gasteiger partial charge is 3.00 e. The minimum absolute atomic E-state index is 0. The molecule has 23 radical (unpaired) electrons. The molecule has 0 heterocycles. The maximum absolute atomic E-state index is 14.4. The van der Waals surface area contributed by atoms with E-state index in [-0.39, 0.29) is 52.4 Å². The average molecular weight is 1190 g/mol. The van der Waals surface area contributed by atoms with Crippen LogP contribution in [0.25, 0.3) is 0 Å². The van der Waals surface area contributed by atoms with Crippen LogP contribution in [0.15, 0.2) is 48.5 Å². The first-order chi connectivity index (χ1) is 34.1. The molecule has 0 amide bonds. The standard InChI is InChI=1S/C18BF15.C15H15O.2C6H7.2C5H5.2Zr/c20-4-1(5(21)11(27)16(32)10(4)26)19(2-6(22)12(28)17(33)13(29)7(2)23)3-8(24)14(30)18(34)15(31)9(3)25;1-11-3-7-13(8-4-11)15(16)14-9-5-12(2)6-10-14;2*1-6-4-2-3-5-6;2*1-2-4-5-3-1;;/h;3-10,16H,1-2H3;2*2-5H,1H3;2*1-5H;;/q2*-1;;;;;2*+3. The molecule has 19 heteroatoms. The summed E-state index contributed by atoms with van der Waals surface area (Å²) in [5.74, 6) is -42.5. The zero-order valence-electron chi connectivity index (χ0n) is 39.2. The summed E-state index contributed by atoms with van der Waals surface area (Å²) < 4.78 is 209. The van der Waals surface area contributed by atoms with Gasteiger partial charge >= 0.3 is 52.4 Å². The van der Waals surface area contributed by atoms with Crippen LogP contribution >= 0.6 is 0 Å². The maximum atomic E-state index is 14.4. The molecule has 0 aliphatic heterocycles. The van der Waals surface area contributed by atoms with Crippen molar-refractivity contribution in [3.05, 3.63) is 292 Å². The molecule has 377 valence electrons. The first-order valence-electron chi connectivity index (χ1n) is 21.1. The topological polar surface area (TPSA) is 20.2 Å². The van der Waals surface area contributed by atoms with Gasteiger partial charge in [-0.3, -0.25) is 0 Å². The minimum Gasteiger partial charge on any atom is -0.398 e. The molecular weight excluding hydrogens is 1150 g/mol. The molecule has 0 unspecified atom stereocenters. The third-order valence-corrected chi connectivity index (χ3v) is 10.0. The maximum Gasteiger partial charge on any atom is 3.00 e. The Labute approximate surface area is 462 Å². The van der Waals surface area contributed by atoms with Crippen molar-refractivity contribution in [1.29, 1.82) is 0 Å². The number of aliphatic hydroxyl groups excluding tert-OH is 1. The first-order valence-corrected chi connectivity index (χ1v) is 21.1. The quantitative estimate of drug-likeness (QED) is 0.0611. The van der Waals surface area contributed by atoms with E-state index in [4.69, 9.17) is 0 Å². The summed E-state index contributed by atoms with van der Waals surface area (Å²) in [5.41, 5.74) is -3.93. The molecule has 5 aromatic rings. The molecular formula is C55H39BF15OZr2+4. The summed E-state index contributed by atoms with van der Waals surface area (Å²) in [5, 5.41) is 10.1. The van der Waals surface area contributed by atoms with Crippen molar-refractivity contribution in [3.8, 4) is 0 Å². The summed E-state index contributed by atoms with van der Waals surface area (Å²) in [6, 6.07) is 15.7. The number of hydrogen-bond donors (Lipinski definition) is 1. The summed E-state index contributed by atoms with van der Waals surface area (Å²) >= 11 is 0. The van der Waals surface area contributed by atoms with Gasteiger partial charge in [0.05, 0.1) is 0 Å². The van der Waals surface area contributed by atoms with E-state index in [2.05, 4.69) is 39.5 Å². The molecule has 9 rings (SSSR count). The van der Waals surface area contributed by atoms with Gasteiger partial charge in [-0.1, -0.05) is 60.4 Å². The molecule has 1 N–H and O–H groups in total. The SMILES string of the molecule is C[C]1[CH][CH][CH][CH]1.C[C]1[CH][CH][CH][CH]1.Cc1ccc([C-](O)c2ccc(C)cc2)cc1.Fc1c(F)c(F)c([B-](c2c(F)c(F)c(F)c(F)c2F)c2c(F)c(F)c(F)c(F)c2F)c(F)c1F.[CH]1[CH][CH][CH][CH]1.[CH]1[CH][CH][CH][CH]1.[Zr+3].[Zr+3].